The zero-order chi connectivity index (χ0) is 15.0. The van der Waals surface area contributed by atoms with Crippen molar-refractivity contribution in [2.24, 2.45) is 11.1 Å². The Labute approximate surface area is 125 Å². The van der Waals surface area contributed by atoms with E-state index in [1.54, 1.807) is 10.4 Å². The highest BCUT2D eigenvalue weighted by Gasteiger charge is 2.29. The molecule has 0 aromatic carbocycles. The van der Waals surface area contributed by atoms with Crippen LogP contribution in [-0.2, 0) is 16.6 Å². The fourth-order valence-corrected chi connectivity index (χ4v) is 5.03. The lowest BCUT2D eigenvalue weighted by atomic mass is 9.83. The zero-order valence-electron chi connectivity index (χ0n) is 12.2. The molecule has 1 aromatic heterocycles. The van der Waals surface area contributed by atoms with Crippen molar-refractivity contribution in [1.82, 2.24) is 4.31 Å². The Kier molecular flexibility index (Phi) is 4.39. The largest absolute Gasteiger partial charge is 0.326 e. The molecule has 4 nitrogen and oxygen atoms in total. The molecule has 0 saturated carbocycles. The van der Waals surface area contributed by atoms with Crippen LogP contribution in [0.1, 0.15) is 32.8 Å². The number of rotatable bonds is 3. The molecule has 112 valence electrons. The first kappa shape index (κ1) is 15.7. The average Bonchev–Trinajstić information content (AvgIpc) is 2.87. The van der Waals surface area contributed by atoms with Crippen LogP contribution in [0, 0.1) is 5.41 Å². The van der Waals surface area contributed by atoms with Gasteiger partial charge in [-0.1, -0.05) is 32.4 Å². The van der Waals surface area contributed by atoms with E-state index in [-0.39, 0.29) is 5.41 Å². The molecule has 0 amide bonds. The molecule has 0 aliphatic carbocycles. The van der Waals surface area contributed by atoms with Gasteiger partial charge in [0.25, 0.3) is 10.0 Å². The highest BCUT2D eigenvalue weighted by Crippen LogP contribution is 2.32. The number of hydrogen-bond donors (Lipinski definition) is 1. The summed E-state index contributed by atoms with van der Waals surface area (Å²) in [6.07, 6.45) is 2.86. The normalized spacial score (nSPS) is 18.1. The van der Waals surface area contributed by atoms with Crippen molar-refractivity contribution < 1.29 is 8.42 Å². The number of nitrogens with zero attached hydrogens (tertiary/aromatic N) is 1. The van der Waals surface area contributed by atoms with Gasteiger partial charge >= 0.3 is 0 Å². The molecular weight excluding hydrogens is 292 g/mol. The summed E-state index contributed by atoms with van der Waals surface area (Å²) in [4.78, 5) is 0. The minimum absolute atomic E-state index is 0.117. The molecule has 1 aliphatic rings. The maximum Gasteiger partial charge on any atom is 0.252 e. The van der Waals surface area contributed by atoms with Gasteiger partial charge in [0.05, 0.1) is 0 Å². The minimum Gasteiger partial charge on any atom is -0.326 e. The minimum atomic E-state index is -3.37. The molecule has 0 fully saturated rings. The van der Waals surface area contributed by atoms with Crippen LogP contribution in [0.3, 0.4) is 0 Å². The van der Waals surface area contributed by atoms with Crippen LogP contribution in [0.15, 0.2) is 27.3 Å². The predicted octanol–water partition coefficient (Wildman–Crippen LogP) is 2.57. The van der Waals surface area contributed by atoms with Crippen molar-refractivity contribution in [3.8, 4) is 0 Å². The Morgan fingerprint density at radius 2 is 2.10 bits per heavy atom. The number of sulfonamides is 1. The molecule has 0 radical (unpaired) electrons. The molecule has 0 spiro atoms. The van der Waals surface area contributed by atoms with E-state index in [4.69, 9.17) is 5.73 Å². The molecule has 0 atom stereocenters. The van der Waals surface area contributed by atoms with Crippen LogP contribution in [0.4, 0.5) is 0 Å². The molecule has 20 heavy (non-hydrogen) atoms. The molecule has 2 rings (SSSR count). The Hall–Kier alpha value is -0.690. The number of nitrogens with two attached hydrogens (primary N) is 1. The standard InChI is InChI=1S/C14H22N2O2S2/c1-14(2,3)12-4-6-16(7-5-12)20(17,18)13-8-11(9-15)10-19-13/h4,8,10H,5-7,9,15H2,1-3H3. The lowest BCUT2D eigenvalue weighted by molar-refractivity contribution is 0.390. The van der Waals surface area contributed by atoms with Gasteiger partial charge in [0.1, 0.15) is 4.21 Å². The summed E-state index contributed by atoms with van der Waals surface area (Å²) in [6.45, 7) is 7.88. The predicted molar refractivity (Wildman–Crippen MR) is 83.1 cm³/mol. The van der Waals surface area contributed by atoms with Crippen molar-refractivity contribution >= 4 is 21.4 Å². The van der Waals surface area contributed by atoms with Crippen LogP contribution < -0.4 is 5.73 Å². The second-order valence-electron chi connectivity index (χ2n) is 6.07. The second-order valence-corrected chi connectivity index (χ2v) is 9.15. The monoisotopic (exact) mass is 314 g/mol. The number of hydrogen-bond acceptors (Lipinski definition) is 4. The zero-order valence-corrected chi connectivity index (χ0v) is 13.9. The van der Waals surface area contributed by atoms with Crippen molar-refractivity contribution in [3.63, 3.8) is 0 Å². The maximum absolute atomic E-state index is 12.5. The summed E-state index contributed by atoms with van der Waals surface area (Å²) < 4.78 is 27.0. The summed E-state index contributed by atoms with van der Waals surface area (Å²) in [7, 11) is -3.37. The molecule has 1 aromatic rings. The molecule has 0 unspecified atom stereocenters. The highest BCUT2D eigenvalue weighted by atomic mass is 32.2. The third-order valence-electron chi connectivity index (χ3n) is 3.59. The summed E-state index contributed by atoms with van der Waals surface area (Å²) >= 11 is 1.25. The SMILES string of the molecule is CC(C)(C)C1=CCN(S(=O)(=O)c2cc(CN)cs2)CC1. The van der Waals surface area contributed by atoms with E-state index in [1.807, 2.05) is 5.38 Å². The maximum atomic E-state index is 12.5. The number of thiophene rings is 1. The van der Waals surface area contributed by atoms with Gasteiger partial charge in [-0.2, -0.15) is 4.31 Å². The Morgan fingerprint density at radius 1 is 1.40 bits per heavy atom. The lowest BCUT2D eigenvalue weighted by Gasteiger charge is -2.31. The van der Waals surface area contributed by atoms with E-state index >= 15 is 0 Å². The quantitative estimate of drug-likeness (QED) is 0.872. The van der Waals surface area contributed by atoms with E-state index in [0.29, 0.717) is 23.8 Å². The van der Waals surface area contributed by atoms with E-state index in [0.717, 1.165) is 12.0 Å². The first-order valence-corrected chi connectivity index (χ1v) is 9.04. The van der Waals surface area contributed by atoms with Crippen LogP contribution in [0.25, 0.3) is 0 Å². The third-order valence-corrected chi connectivity index (χ3v) is 6.92. The first-order valence-electron chi connectivity index (χ1n) is 6.72. The molecule has 1 aliphatic heterocycles. The Bertz CT molecular complexity index is 609. The Balaban J connectivity index is 2.19. The van der Waals surface area contributed by atoms with E-state index in [2.05, 4.69) is 26.8 Å². The fraction of sp³-hybridized carbons (Fsp3) is 0.571. The molecule has 0 bridgehead atoms. The van der Waals surface area contributed by atoms with Gasteiger partial charge in [-0.15, -0.1) is 11.3 Å². The van der Waals surface area contributed by atoms with Crippen molar-refractivity contribution in [2.45, 2.75) is 37.9 Å². The fourth-order valence-electron chi connectivity index (χ4n) is 2.27. The van der Waals surface area contributed by atoms with Crippen molar-refractivity contribution in [1.29, 1.82) is 0 Å². The van der Waals surface area contributed by atoms with Crippen LogP contribution in [-0.4, -0.2) is 25.8 Å². The first-order chi connectivity index (χ1) is 9.25. The van der Waals surface area contributed by atoms with Crippen LogP contribution in [0.2, 0.25) is 0 Å². The summed E-state index contributed by atoms with van der Waals surface area (Å²) in [6, 6.07) is 1.68. The average molecular weight is 314 g/mol. The van der Waals surface area contributed by atoms with Gasteiger partial charge in [0.2, 0.25) is 0 Å². The van der Waals surface area contributed by atoms with Gasteiger partial charge in [-0.05, 0) is 28.8 Å². The van der Waals surface area contributed by atoms with Gasteiger partial charge in [-0.25, -0.2) is 8.42 Å². The van der Waals surface area contributed by atoms with E-state index < -0.39 is 10.0 Å². The van der Waals surface area contributed by atoms with Gasteiger partial charge in [-0.3, -0.25) is 0 Å². The molecule has 2 heterocycles. The molecule has 6 heteroatoms. The lowest BCUT2D eigenvalue weighted by Crippen LogP contribution is -2.36. The van der Waals surface area contributed by atoms with Gasteiger partial charge < -0.3 is 5.73 Å². The van der Waals surface area contributed by atoms with E-state index in [9.17, 15) is 8.42 Å². The molecule has 0 saturated heterocycles. The van der Waals surface area contributed by atoms with Gasteiger partial charge in [0.15, 0.2) is 0 Å². The smallest absolute Gasteiger partial charge is 0.252 e. The molecule has 2 N–H and O–H groups in total. The van der Waals surface area contributed by atoms with Crippen LogP contribution in [0.5, 0.6) is 0 Å². The third kappa shape index (κ3) is 3.14. The Morgan fingerprint density at radius 3 is 2.55 bits per heavy atom. The van der Waals surface area contributed by atoms with Crippen LogP contribution >= 0.6 is 11.3 Å². The highest BCUT2D eigenvalue weighted by molar-refractivity contribution is 7.91. The molecular formula is C14H22N2O2S2. The van der Waals surface area contributed by atoms with E-state index in [1.165, 1.54) is 16.9 Å². The second kappa shape index (κ2) is 5.60. The van der Waals surface area contributed by atoms with Crippen molar-refractivity contribution in [2.75, 3.05) is 13.1 Å². The summed E-state index contributed by atoms with van der Waals surface area (Å²) in [5.74, 6) is 0. The topological polar surface area (TPSA) is 63.4 Å². The van der Waals surface area contributed by atoms with Crippen molar-refractivity contribution in [3.05, 3.63) is 28.7 Å². The summed E-state index contributed by atoms with van der Waals surface area (Å²) in [5.41, 5.74) is 7.86. The van der Waals surface area contributed by atoms with Gasteiger partial charge in [0, 0.05) is 19.6 Å². The summed E-state index contributed by atoms with van der Waals surface area (Å²) in [5, 5.41) is 1.81.